The first-order valence-corrected chi connectivity index (χ1v) is 18.2. The van der Waals surface area contributed by atoms with Crippen molar-refractivity contribution >= 4 is 63.5 Å². The zero-order valence-electron chi connectivity index (χ0n) is 27.8. The maximum Gasteiger partial charge on any atom is 0.412 e. The van der Waals surface area contributed by atoms with Crippen LogP contribution >= 0.6 is 34.2 Å². The van der Waals surface area contributed by atoms with Crippen molar-refractivity contribution in [2.75, 3.05) is 10.6 Å². The van der Waals surface area contributed by atoms with Gasteiger partial charge in [0, 0.05) is 37.5 Å². The van der Waals surface area contributed by atoms with Gasteiger partial charge in [-0.1, -0.05) is 31.5 Å². The van der Waals surface area contributed by atoms with Crippen LogP contribution in [0.1, 0.15) is 103 Å². The summed E-state index contributed by atoms with van der Waals surface area (Å²) in [5, 5.41) is 23.7. The highest BCUT2D eigenvalue weighted by molar-refractivity contribution is 14.1. The highest BCUT2D eigenvalue weighted by Crippen LogP contribution is 2.64. The average Bonchev–Trinajstić information content (AvgIpc) is 3.42. The van der Waals surface area contributed by atoms with E-state index in [9.17, 15) is 19.5 Å². The lowest BCUT2D eigenvalue weighted by Crippen LogP contribution is -2.61. The molecule has 4 aliphatic rings. The molecule has 2 aliphatic heterocycles. The fourth-order valence-corrected chi connectivity index (χ4v) is 9.22. The molecule has 3 fully saturated rings. The summed E-state index contributed by atoms with van der Waals surface area (Å²) in [4.78, 5) is 42.3. The minimum absolute atomic E-state index is 0.0684. The number of benzene rings is 2. The van der Waals surface area contributed by atoms with Gasteiger partial charge in [-0.3, -0.25) is 20.2 Å². The van der Waals surface area contributed by atoms with Gasteiger partial charge in [0.25, 0.3) is 0 Å². The molecule has 3 atom stereocenters. The van der Waals surface area contributed by atoms with Crippen LogP contribution in [0.3, 0.4) is 0 Å². The molecule has 0 aromatic heterocycles. The van der Waals surface area contributed by atoms with Crippen LogP contribution in [0.4, 0.5) is 16.2 Å². The summed E-state index contributed by atoms with van der Waals surface area (Å²) in [7, 11) is 0. The maximum absolute atomic E-state index is 14.8. The lowest BCUT2D eigenvalue weighted by atomic mass is 9.53. The van der Waals surface area contributed by atoms with Gasteiger partial charge in [-0.05, 0) is 142 Å². The summed E-state index contributed by atoms with van der Waals surface area (Å²) in [6.07, 6.45) is 4.88. The second-order valence-electron chi connectivity index (χ2n) is 15.7. The lowest BCUT2D eigenvalue weighted by Gasteiger charge is -2.50. The molecule has 0 bridgehead atoms. The summed E-state index contributed by atoms with van der Waals surface area (Å²) in [6.45, 7) is 9.90. The molecule has 3 amide bonds. The van der Waals surface area contributed by atoms with E-state index in [1.807, 2.05) is 30.3 Å². The van der Waals surface area contributed by atoms with Crippen molar-refractivity contribution in [3.63, 3.8) is 0 Å². The van der Waals surface area contributed by atoms with Crippen LogP contribution in [0.15, 0.2) is 36.4 Å². The maximum atomic E-state index is 14.8. The third kappa shape index (κ3) is 6.51. The number of fused-ring (bicyclic) bond motifs is 3. The van der Waals surface area contributed by atoms with Crippen LogP contribution in [-0.4, -0.2) is 52.3 Å². The van der Waals surface area contributed by atoms with Crippen molar-refractivity contribution in [2.45, 2.75) is 127 Å². The lowest BCUT2D eigenvalue weighted by molar-refractivity contribution is -0.125. The van der Waals surface area contributed by atoms with Gasteiger partial charge in [-0.15, -0.1) is 0 Å². The Morgan fingerprint density at radius 1 is 1.02 bits per heavy atom. The topological polar surface area (TPSA) is 129 Å². The molecule has 1 saturated heterocycles. The molecule has 2 heterocycles. The van der Waals surface area contributed by atoms with Gasteiger partial charge < -0.3 is 20.5 Å². The van der Waals surface area contributed by atoms with E-state index in [0.717, 1.165) is 27.7 Å². The highest BCUT2D eigenvalue weighted by atomic mass is 127. The van der Waals surface area contributed by atoms with Gasteiger partial charge in [0.2, 0.25) is 11.8 Å². The third-order valence-electron chi connectivity index (χ3n) is 10.7. The third-order valence-corrected chi connectivity index (χ3v) is 11.6. The molecule has 2 spiro atoms. The van der Waals surface area contributed by atoms with E-state index in [1.54, 1.807) is 26.8 Å². The van der Waals surface area contributed by atoms with Crippen LogP contribution in [0.5, 0.6) is 0 Å². The molecule has 0 unspecified atom stereocenters. The monoisotopic (exact) mass is 776 g/mol. The van der Waals surface area contributed by atoms with Crippen molar-refractivity contribution in [3.05, 3.63) is 56.1 Å². The van der Waals surface area contributed by atoms with Crippen LogP contribution in [-0.2, 0) is 19.7 Å². The summed E-state index contributed by atoms with van der Waals surface area (Å²) < 4.78 is 6.52. The van der Waals surface area contributed by atoms with E-state index in [4.69, 9.17) is 16.3 Å². The summed E-state index contributed by atoms with van der Waals surface area (Å²) in [5.41, 5.74) is 0.267. The SMILES string of the molecule is CC1(C)CCC2(CC1)N[C@@H](C(=O)NC1CCC(O)CC1)[C@H](c1cc(Cl)cc(NC(=O)OC(C)(C)C)c1)[C@]21C(=O)Nc2cc(I)ccc21. The van der Waals surface area contributed by atoms with Gasteiger partial charge in [0.15, 0.2) is 0 Å². The smallest absolute Gasteiger partial charge is 0.412 e. The van der Waals surface area contributed by atoms with Crippen molar-refractivity contribution < 1.29 is 24.2 Å². The van der Waals surface area contributed by atoms with Crippen molar-refractivity contribution in [2.24, 2.45) is 5.41 Å². The number of hydrogen-bond acceptors (Lipinski definition) is 6. The van der Waals surface area contributed by atoms with Crippen molar-refractivity contribution in [1.82, 2.24) is 10.6 Å². The number of carbonyl (C=O) groups excluding carboxylic acids is 3. The van der Waals surface area contributed by atoms with Gasteiger partial charge in [-0.25, -0.2) is 4.79 Å². The van der Waals surface area contributed by atoms with Gasteiger partial charge in [0.1, 0.15) is 11.0 Å². The Bertz CT molecular complexity index is 1570. The zero-order chi connectivity index (χ0) is 33.9. The fourth-order valence-electron chi connectivity index (χ4n) is 8.48. The number of nitrogens with one attached hydrogen (secondary N) is 4. The van der Waals surface area contributed by atoms with E-state index in [1.165, 1.54) is 0 Å². The van der Waals surface area contributed by atoms with Gasteiger partial charge in [-0.2, -0.15) is 0 Å². The second-order valence-corrected chi connectivity index (χ2v) is 17.4. The Kier molecular flexibility index (Phi) is 9.15. The zero-order valence-corrected chi connectivity index (χ0v) is 30.7. The molecular weight excluding hydrogens is 731 g/mol. The standard InChI is InChI=1S/C36H46ClIN4O5/c1-33(2,3)47-32(46)40-24-17-20(16-21(37)18-24)28-29(30(44)39-23-7-9-25(43)10-8-23)42-35(14-12-34(4,5)13-15-35)36(28)26-11-6-22(38)19-27(26)41-31(36)45/h6,11,16-19,23,25,28-29,42-43H,7-10,12-15H2,1-5H3,(H,39,44)(H,40,46)(H,41,45)/t23?,25?,28-,29+,36+/m0/s1. The van der Waals surface area contributed by atoms with Crippen molar-refractivity contribution in [1.29, 1.82) is 0 Å². The van der Waals surface area contributed by atoms with Crippen LogP contribution in [0, 0.1) is 8.99 Å². The number of anilines is 2. The number of amides is 3. The van der Waals surface area contributed by atoms with Crippen LogP contribution in [0.25, 0.3) is 0 Å². The number of carbonyl (C=O) groups is 3. The summed E-state index contributed by atoms with van der Waals surface area (Å²) >= 11 is 9.03. The van der Waals surface area contributed by atoms with Crippen molar-refractivity contribution in [3.8, 4) is 0 Å². The van der Waals surface area contributed by atoms with E-state index < -0.39 is 34.6 Å². The molecule has 254 valence electrons. The van der Waals surface area contributed by atoms with Gasteiger partial charge in [0.05, 0.1) is 12.1 Å². The second kappa shape index (κ2) is 12.5. The van der Waals surface area contributed by atoms with Crippen LogP contribution in [0.2, 0.25) is 5.02 Å². The summed E-state index contributed by atoms with van der Waals surface area (Å²) in [6, 6.07) is 10.5. The molecule has 9 nitrogen and oxygen atoms in total. The molecule has 2 aromatic rings. The molecule has 0 radical (unpaired) electrons. The predicted molar refractivity (Wildman–Crippen MR) is 192 cm³/mol. The molecule has 5 N–H and O–H groups in total. The Morgan fingerprint density at radius 3 is 2.36 bits per heavy atom. The molecule has 2 aromatic carbocycles. The molecule has 47 heavy (non-hydrogen) atoms. The largest absolute Gasteiger partial charge is 0.444 e. The Labute approximate surface area is 295 Å². The fraction of sp³-hybridized carbons (Fsp3) is 0.583. The Morgan fingerprint density at radius 2 is 1.70 bits per heavy atom. The van der Waals surface area contributed by atoms with E-state index in [0.29, 0.717) is 54.8 Å². The first kappa shape index (κ1) is 34.5. The highest BCUT2D eigenvalue weighted by Gasteiger charge is 2.72. The minimum Gasteiger partial charge on any atom is -0.444 e. The van der Waals surface area contributed by atoms with Crippen LogP contribution < -0.4 is 21.3 Å². The Hall–Kier alpha value is -2.41. The number of hydrogen-bond donors (Lipinski definition) is 5. The quantitative estimate of drug-likeness (QED) is 0.213. The number of aliphatic hydroxyl groups excluding tert-OH is 1. The van der Waals surface area contributed by atoms with E-state index in [-0.39, 0.29) is 29.4 Å². The van der Waals surface area contributed by atoms with E-state index in [2.05, 4.69) is 57.7 Å². The molecular formula is C36H46ClIN4O5. The molecule has 2 aliphatic carbocycles. The van der Waals surface area contributed by atoms with Gasteiger partial charge >= 0.3 is 6.09 Å². The summed E-state index contributed by atoms with van der Waals surface area (Å²) in [5.74, 6) is -0.965. The Balaban J connectivity index is 1.51. The normalized spacial score (nSPS) is 29.3. The molecule has 6 rings (SSSR count). The predicted octanol–water partition coefficient (Wildman–Crippen LogP) is 7.00. The number of rotatable bonds is 4. The first-order valence-electron chi connectivity index (χ1n) is 16.7. The van der Waals surface area contributed by atoms with E-state index >= 15 is 0 Å². The number of aliphatic hydroxyl groups is 1. The minimum atomic E-state index is -1.14. The average molecular weight is 777 g/mol. The number of ether oxygens (including phenoxy) is 1. The molecule has 11 heteroatoms. The number of halogens is 2. The molecule has 2 saturated carbocycles. The first-order chi connectivity index (χ1) is 22.0.